The summed E-state index contributed by atoms with van der Waals surface area (Å²) in [6.45, 7) is 0. The van der Waals surface area contributed by atoms with E-state index < -0.39 is 6.10 Å². The van der Waals surface area contributed by atoms with Crippen LogP contribution in [-0.2, 0) is 0 Å². The van der Waals surface area contributed by atoms with Crippen molar-refractivity contribution in [2.45, 2.75) is 10.4 Å². The molecular weight excluding hydrogens is 369 g/mol. The normalized spacial score (nSPS) is 12.1. The molecule has 0 saturated carbocycles. The van der Waals surface area contributed by atoms with Gasteiger partial charge in [-0.3, -0.25) is 0 Å². The van der Waals surface area contributed by atoms with Crippen LogP contribution in [0.4, 0.5) is 15.2 Å². The lowest BCUT2D eigenvalue weighted by atomic mass is 10.1. The Hall–Kier alpha value is -1.67. The molecule has 8 heteroatoms. The Morgan fingerprint density at radius 3 is 2.67 bits per heavy atom. The minimum absolute atomic E-state index is 0.347. The predicted octanol–water partition coefficient (Wildman–Crippen LogP) is 4.90. The number of thioether (sulfide) groups is 1. The Morgan fingerprint density at radius 2 is 1.92 bits per heavy atom. The topological polar surface area (TPSA) is 58.0 Å². The highest BCUT2D eigenvalue weighted by molar-refractivity contribution is 8.01. The third-order valence-electron chi connectivity index (χ3n) is 3.14. The molecule has 124 valence electrons. The summed E-state index contributed by atoms with van der Waals surface area (Å²) >= 11 is 8.53. The van der Waals surface area contributed by atoms with Gasteiger partial charge in [0.1, 0.15) is 5.82 Å². The van der Waals surface area contributed by atoms with Crippen molar-refractivity contribution < 1.29 is 9.50 Å². The van der Waals surface area contributed by atoms with Crippen molar-refractivity contribution in [3.63, 3.8) is 0 Å². The standard InChI is InChI=1S/C16H13ClFN3OS2/c17-11-7-5-10(6-8-11)14(22)9-23-16-21-20-15(24-16)19-13-4-2-1-3-12(13)18/h1-8,14,22H,9H2,(H,19,20)/t14-/m0/s1. The lowest BCUT2D eigenvalue weighted by molar-refractivity contribution is 0.204. The number of benzene rings is 2. The van der Waals surface area contributed by atoms with Crippen molar-refractivity contribution in [3.8, 4) is 0 Å². The summed E-state index contributed by atoms with van der Waals surface area (Å²) in [5.41, 5.74) is 1.15. The summed E-state index contributed by atoms with van der Waals surface area (Å²) in [7, 11) is 0. The summed E-state index contributed by atoms with van der Waals surface area (Å²) < 4.78 is 14.3. The van der Waals surface area contributed by atoms with Gasteiger partial charge in [-0.25, -0.2) is 4.39 Å². The molecule has 0 unspecified atom stereocenters. The highest BCUT2D eigenvalue weighted by Gasteiger charge is 2.12. The van der Waals surface area contributed by atoms with Gasteiger partial charge in [-0.15, -0.1) is 10.2 Å². The number of aliphatic hydroxyl groups is 1. The lowest BCUT2D eigenvalue weighted by Gasteiger charge is -2.09. The summed E-state index contributed by atoms with van der Waals surface area (Å²) in [6, 6.07) is 13.4. The molecule has 0 saturated heterocycles. The van der Waals surface area contributed by atoms with Crippen molar-refractivity contribution in [2.75, 3.05) is 11.1 Å². The van der Waals surface area contributed by atoms with Gasteiger partial charge in [0, 0.05) is 10.8 Å². The summed E-state index contributed by atoms with van der Waals surface area (Å²) in [5.74, 6) is 0.0933. The first kappa shape index (κ1) is 17.2. The third kappa shape index (κ3) is 4.45. The molecule has 0 aliphatic heterocycles. The molecule has 0 fully saturated rings. The molecule has 3 rings (SSSR count). The number of rotatable bonds is 6. The highest BCUT2D eigenvalue weighted by Crippen LogP contribution is 2.31. The Balaban J connectivity index is 1.58. The molecule has 4 nitrogen and oxygen atoms in total. The van der Waals surface area contributed by atoms with Crippen LogP contribution in [0.5, 0.6) is 0 Å². The summed E-state index contributed by atoms with van der Waals surface area (Å²) in [4.78, 5) is 0. The minimum Gasteiger partial charge on any atom is -0.388 e. The second-order valence-corrected chi connectivity index (χ2v) is 7.54. The van der Waals surface area contributed by atoms with Crippen LogP contribution in [0.3, 0.4) is 0 Å². The van der Waals surface area contributed by atoms with Gasteiger partial charge in [-0.1, -0.05) is 59.0 Å². The number of nitrogens with zero attached hydrogens (tertiary/aromatic N) is 2. The van der Waals surface area contributed by atoms with Crippen LogP contribution in [0.1, 0.15) is 11.7 Å². The van der Waals surface area contributed by atoms with Crippen molar-refractivity contribution in [2.24, 2.45) is 0 Å². The molecule has 24 heavy (non-hydrogen) atoms. The van der Waals surface area contributed by atoms with Gasteiger partial charge in [-0.2, -0.15) is 0 Å². The molecule has 0 aliphatic rings. The smallest absolute Gasteiger partial charge is 0.210 e. The zero-order chi connectivity index (χ0) is 16.9. The molecule has 2 N–H and O–H groups in total. The van der Waals surface area contributed by atoms with Gasteiger partial charge in [0.15, 0.2) is 4.34 Å². The van der Waals surface area contributed by atoms with Crippen LogP contribution < -0.4 is 5.32 Å². The molecular formula is C16H13ClFN3OS2. The van der Waals surface area contributed by atoms with E-state index in [1.807, 2.05) is 0 Å². The van der Waals surface area contributed by atoms with Gasteiger partial charge in [0.05, 0.1) is 11.8 Å². The van der Waals surface area contributed by atoms with Crippen LogP contribution in [-0.4, -0.2) is 21.1 Å². The maximum absolute atomic E-state index is 13.6. The largest absolute Gasteiger partial charge is 0.388 e. The second kappa shape index (κ2) is 7.94. The van der Waals surface area contributed by atoms with E-state index in [4.69, 9.17) is 11.6 Å². The van der Waals surface area contributed by atoms with Crippen LogP contribution in [0, 0.1) is 5.82 Å². The molecule has 2 aromatic carbocycles. The Bertz CT molecular complexity index is 813. The van der Waals surface area contributed by atoms with Gasteiger partial charge < -0.3 is 10.4 Å². The van der Waals surface area contributed by atoms with Crippen molar-refractivity contribution in [1.29, 1.82) is 0 Å². The number of anilines is 2. The van der Waals surface area contributed by atoms with Gasteiger partial charge in [0.25, 0.3) is 0 Å². The molecule has 0 spiro atoms. The van der Waals surface area contributed by atoms with Gasteiger partial charge in [-0.05, 0) is 29.8 Å². The van der Waals surface area contributed by atoms with E-state index in [0.29, 0.717) is 25.9 Å². The van der Waals surface area contributed by atoms with E-state index in [2.05, 4.69) is 15.5 Å². The second-order valence-electron chi connectivity index (χ2n) is 4.86. The van der Waals surface area contributed by atoms with E-state index in [1.165, 1.54) is 29.2 Å². The molecule has 3 aromatic rings. The fourth-order valence-corrected chi connectivity index (χ4v) is 3.81. The Morgan fingerprint density at radius 1 is 1.17 bits per heavy atom. The third-order valence-corrected chi connectivity index (χ3v) is 5.44. The van der Waals surface area contributed by atoms with E-state index >= 15 is 0 Å². The molecule has 0 aliphatic carbocycles. The number of aromatic nitrogens is 2. The predicted molar refractivity (Wildman–Crippen MR) is 96.7 cm³/mol. The van der Waals surface area contributed by atoms with Crippen LogP contribution >= 0.6 is 34.7 Å². The van der Waals surface area contributed by atoms with Crippen molar-refractivity contribution in [3.05, 3.63) is 64.9 Å². The van der Waals surface area contributed by atoms with E-state index in [9.17, 15) is 9.50 Å². The monoisotopic (exact) mass is 381 g/mol. The number of aliphatic hydroxyl groups excluding tert-OH is 1. The van der Waals surface area contributed by atoms with Crippen molar-refractivity contribution >= 4 is 45.5 Å². The number of hydrogen-bond donors (Lipinski definition) is 2. The fraction of sp³-hybridized carbons (Fsp3) is 0.125. The average molecular weight is 382 g/mol. The summed E-state index contributed by atoms with van der Waals surface area (Å²) in [6.07, 6.45) is -0.626. The zero-order valence-corrected chi connectivity index (χ0v) is 14.7. The Labute approximate surface area is 151 Å². The highest BCUT2D eigenvalue weighted by atomic mass is 35.5. The lowest BCUT2D eigenvalue weighted by Crippen LogP contribution is -1.99. The fourth-order valence-electron chi connectivity index (χ4n) is 1.93. The number of hydrogen-bond acceptors (Lipinski definition) is 6. The Kier molecular flexibility index (Phi) is 5.68. The SMILES string of the molecule is O[C@@H](CSc1nnc(Nc2ccccc2F)s1)c1ccc(Cl)cc1. The summed E-state index contributed by atoms with van der Waals surface area (Å²) in [5, 5.41) is 22.2. The molecule has 0 radical (unpaired) electrons. The van der Waals surface area contributed by atoms with Gasteiger partial charge in [0.2, 0.25) is 5.13 Å². The molecule has 0 bridgehead atoms. The maximum atomic E-state index is 13.6. The average Bonchev–Trinajstić information content (AvgIpc) is 3.03. The van der Waals surface area contributed by atoms with Gasteiger partial charge >= 0.3 is 0 Å². The van der Waals surface area contributed by atoms with E-state index in [1.54, 1.807) is 42.5 Å². The zero-order valence-electron chi connectivity index (χ0n) is 12.3. The number of para-hydroxylation sites is 1. The van der Waals surface area contributed by atoms with Crippen LogP contribution in [0.2, 0.25) is 5.02 Å². The quantitative estimate of drug-likeness (QED) is 0.595. The number of nitrogens with one attached hydrogen (secondary N) is 1. The number of halogens is 2. The minimum atomic E-state index is -0.626. The first-order valence-corrected chi connectivity index (χ1v) is 9.21. The van der Waals surface area contributed by atoms with Crippen molar-refractivity contribution in [1.82, 2.24) is 10.2 Å². The first-order chi connectivity index (χ1) is 11.6. The van der Waals surface area contributed by atoms with Crippen LogP contribution in [0.25, 0.3) is 0 Å². The molecule has 0 amide bonds. The van der Waals surface area contributed by atoms with E-state index in [-0.39, 0.29) is 5.82 Å². The van der Waals surface area contributed by atoms with Crippen LogP contribution in [0.15, 0.2) is 52.9 Å². The maximum Gasteiger partial charge on any atom is 0.210 e. The molecule has 1 atom stereocenters. The molecule has 1 aromatic heterocycles. The van der Waals surface area contributed by atoms with E-state index in [0.717, 1.165) is 5.56 Å². The molecule has 1 heterocycles. The first-order valence-electron chi connectivity index (χ1n) is 7.03.